The molecular formula is C11H15N5O5. The van der Waals surface area contributed by atoms with E-state index in [1.54, 1.807) is 0 Å². The molecule has 10 nitrogen and oxygen atoms in total. The zero-order chi connectivity index (χ0) is 15.1. The molecule has 4 atom stereocenters. The lowest BCUT2D eigenvalue weighted by atomic mass is 10.1. The monoisotopic (exact) mass is 297 g/mol. The summed E-state index contributed by atoms with van der Waals surface area (Å²) in [5.41, 5.74) is 6.26. The minimum Gasteiger partial charge on any atom is -0.479 e. The molecule has 0 unspecified atom stereocenters. The Morgan fingerprint density at radius 1 is 1.38 bits per heavy atom. The molecular weight excluding hydrogens is 282 g/mol. The van der Waals surface area contributed by atoms with Crippen LogP contribution in [0.15, 0.2) is 6.33 Å². The first kappa shape index (κ1) is 13.9. The summed E-state index contributed by atoms with van der Waals surface area (Å²) in [6, 6.07) is 0. The van der Waals surface area contributed by atoms with Crippen molar-refractivity contribution >= 4 is 17.1 Å². The number of rotatable bonds is 3. The van der Waals surface area contributed by atoms with Gasteiger partial charge in [-0.2, -0.15) is 9.97 Å². The molecule has 0 spiro atoms. The highest BCUT2D eigenvalue weighted by molar-refractivity contribution is 5.77. The molecule has 0 aromatic carbocycles. The van der Waals surface area contributed by atoms with Crippen molar-refractivity contribution in [3.8, 4) is 5.88 Å². The number of aliphatic hydroxyl groups is 3. The second-order valence-corrected chi connectivity index (χ2v) is 4.64. The fourth-order valence-corrected chi connectivity index (χ4v) is 2.35. The number of methoxy groups -OCH3 is 1. The van der Waals surface area contributed by atoms with Gasteiger partial charge in [0.1, 0.15) is 18.3 Å². The summed E-state index contributed by atoms with van der Waals surface area (Å²) < 4.78 is 11.9. The molecule has 1 aliphatic heterocycles. The molecule has 10 heteroatoms. The lowest BCUT2D eigenvalue weighted by molar-refractivity contribution is -0.0511. The van der Waals surface area contributed by atoms with Gasteiger partial charge in [-0.1, -0.05) is 0 Å². The Bertz CT molecular complexity index is 662. The van der Waals surface area contributed by atoms with E-state index in [4.69, 9.17) is 20.3 Å². The van der Waals surface area contributed by atoms with Gasteiger partial charge in [0.15, 0.2) is 17.4 Å². The number of ether oxygens (including phenoxy) is 2. The number of aliphatic hydroxyl groups excluding tert-OH is 3. The average molecular weight is 297 g/mol. The summed E-state index contributed by atoms with van der Waals surface area (Å²) in [4.78, 5) is 12.1. The van der Waals surface area contributed by atoms with Crippen LogP contribution in [0.5, 0.6) is 5.88 Å². The summed E-state index contributed by atoms with van der Waals surface area (Å²) in [7, 11) is 1.42. The fourth-order valence-electron chi connectivity index (χ4n) is 2.35. The Balaban J connectivity index is 2.07. The standard InChI is InChI=1S/C11H15N5O5/c1-20-9-5-8(14-11(12)15-9)16(3-13-5)10-7(19)6(18)4(2-17)21-10/h3-4,6-7,10,17-19H,2H2,1H3,(H2,12,14,15)/t4-,6+,7-,10+/m0/s1. The van der Waals surface area contributed by atoms with Crippen LogP contribution < -0.4 is 10.5 Å². The largest absolute Gasteiger partial charge is 0.479 e. The van der Waals surface area contributed by atoms with Crippen LogP contribution in [0.1, 0.15) is 6.23 Å². The molecule has 0 radical (unpaired) electrons. The third-order valence-electron chi connectivity index (χ3n) is 3.39. The van der Waals surface area contributed by atoms with Crippen LogP contribution in [0, 0.1) is 0 Å². The first-order valence-electron chi connectivity index (χ1n) is 6.23. The van der Waals surface area contributed by atoms with Gasteiger partial charge >= 0.3 is 0 Å². The smallest absolute Gasteiger partial charge is 0.246 e. The van der Waals surface area contributed by atoms with E-state index in [2.05, 4.69) is 15.0 Å². The number of hydrogen-bond acceptors (Lipinski definition) is 9. The molecule has 114 valence electrons. The summed E-state index contributed by atoms with van der Waals surface area (Å²) in [5.74, 6) is 0.177. The van der Waals surface area contributed by atoms with Crippen molar-refractivity contribution in [1.29, 1.82) is 0 Å². The summed E-state index contributed by atoms with van der Waals surface area (Å²) >= 11 is 0. The highest BCUT2D eigenvalue weighted by atomic mass is 16.6. The number of nitrogens with two attached hydrogens (primary N) is 1. The SMILES string of the molecule is COc1nc(N)nc2c1ncn2[C@@H]1O[C@@H](CO)[C@@H](O)[C@@H]1O. The molecule has 0 bridgehead atoms. The second-order valence-electron chi connectivity index (χ2n) is 4.64. The molecule has 2 aromatic rings. The zero-order valence-corrected chi connectivity index (χ0v) is 11.1. The Kier molecular flexibility index (Phi) is 3.37. The zero-order valence-electron chi connectivity index (χ0n) is 11.1. The van der Waals surface area contributed by atoms with Gasteiger partial charge < -0.3 is 30.5 Å². The third-order valence-corrected chi connectivity index (χ3v) is 3.39. The number of fused-ring (bicyclic) bond motifs is 1. The van der Waals surface area contributed by atoms with Gasteiger partial charge in [-0.3, -0.25) is 4.57 Å². The van der Waals surface area contributed by atoms with E-state index in [1.807, 2.05) is 0 Å². The Labute approximate surface area is 118 Å². The van der Waals surface area contributed by atoms with Gasteiger partial charge in [-0.15, -0.1) is 0 Å². The number of anilines is 1. The van der Waals surface area contributed by atoms with E-state index in [0.717, 1.165) is 0 Å². The lowest BCUT2D eigenvalue weighted by Crippen LogP contribution is -2.33. The van der Waals surface area contributed by atoms with Gasteiger partial charge in [-0.25, -0.2) is 4.98 Å². The Morgan fingerprint density at radius 2 is 2.14 bits per heavy atom. The first-order valence-corrected chi connectivity index (χ1v) is 6.23. The quantitative estimate of drug-likeness (QED) is 0.506. The fraction of sp³-hybridized carbons (Fsp3) is 0.545. The van der Waals surface area contributed by atoms with Gasteiger partial charge in [0.2, 0.25) is 11.8 Å². The minimum atomic E-state index is -1.23. The second kappa shape index (κ2) is 5.07. The summed E-state index contributed by atoms with van der Waals surface area (Å²) in [6.45, 7) is -0.415. The minimum absolute atomic E-state index is 0.0205. The molecule has 3 rings (SSSR count). The van der Waals surface area contributed by atoms with E-state index in [9.17, 15) is 10.2 Å². The van der Waals surface area contributed by atoms with E-state index in [-0.39, 0.29) is 11.8 Å². The number of imidazole rings is 1. The van der Waals surface area contributed by atoms with Crippen molar-refractivity contribution in [3.63, 3.8) is 0 Å². The van der Waals surface area contributed by atoms with Gasteiger partial charge in [0.05, 0.1) is 20.0 Å². The van der Waals surface area contributed by atoms with E-state index >= 15 is 0 Å². The maximum atomic E-state index is 10.0. The number of hydrogen-bond donors (Lipinski definition) is 4. The highest BCUT2D eigenvalue weighted by Gasteiger charge is 2.44. The van der Waals surface area contributed by atoms with Crippen LogP contribution in [0.4, 0.5) is 5.95 Å². The molecule has 1 fully saturated rings. The molecule has 5 N–H and O–H groups in total. The van der Waals surface area contributed by atoms with Crippen LogP contribution in [-0.4, -0.2) is 66.9 Å². The van der Waals surface area contributed by atoms with Crippen molar-refractivity contribution in [2.45, 2.75) is 24.5 Å². The van der Waals surface area contributed by atoms with Gasteiger partial charge in [-0.05, 0) is 0 Å². The number of nitrogen functional groups attached to an aromatic ring is 1. The van der Waals surface area contributed by atoms with E-state index in [0.29, 0.717) is 11.2 Å². The Hall–Kier alpha value is -2.01. The molecule has 1 aliphatic rings. The molecule has 2 aromatic heterocycles. The number of nitrogens with zero attached hydrogens (tertiary/aromatic N) is 4. The van der Waals surface area contributed by atoms with E-state index in [1.165, 1.54) is 18.0 Å². The topological polar surface area (TPSA) is 149 Å². The normalized spacial score (nSPS) is 29.1. The van der Waals surface area contributed by atoms with Crippen LogP contribution in [0.3, 0.4) is 0 Å². The van der Waals surface area contributed by atoms with Crippen molar-refractivity contribution in [2.24, 2.45) is 0 Å². The third kappa shape index (κ3) is 2.08. The van der Waals surface area contributed by atoms with Crippen LogP contribution >= 0.6 is 0 Å². The molecule has 0 saturated carbocycles. The number of aromatic nitrogens is 4. The van der Waals surface area contributed by atoms with Crippen molar-refractivity contribution in [2.75, 3.05) is 19.5 Å². The van der Waals surface area contributed by atoms with E-state index < -0.39 is 31.1 Å². The van der Waals surface area contributed by atoms with Crippen LogP contribution in [-0.2, 0) is 4.74 Å². The molecule has 1 saturated heterocycles. The summed E-state index contributed by atoms with van der Waals surface area (Å²) in [5, 5.41) is 29.0. The predicted octanol–water partition coefficient (Wildman–Crippen LogP) is -1.97. The van der Waals surface area contributed by atoms with Crippen LogP contribution in [0.25, 0.3) is 11.2 Å². The Morgan fingerprint density at radius 3 is 2.76 bits per heavy atom. The molecule has 21 heavy (non-hydrogen) atoms. The van der Waals surface area contributed by atoms with Gasteiger partial charge in [0, 0.05) is 0 Å². The molecule has 0 aliphatic carbocycles. The maximum absolute atomic E-state index is 10.0. The summed E-state index contributed by atoms with van der Waals surface area (Å²) in [6.07, 6.45) is -2.90. The predicted molar refractivity (Wildman–Crippen MR) is 69.3 cm³/mol. The van der Waals surface area contributed by atoms with Crippen LogP contribution in [0.2, 0.25) is 0 Å². The van der Waals surface area contributed by atoms with Crippen molar-refractivity contribution in [1.82, 2.24) is 19.5 Å². The molecule has 0 amide bonds. The maximum Gasteiger partial charge on any atom is 0.246 e. The first-order chi connectivity index (χ1) is 10.1. The van der Waals surface area contributed by atoms with Crippen molar-refractivity contribution in [3.05, 3.63) is 6.33 Å². The van der Waals surface area contributed by atoms with Crippen molar-refractivity contribution < 1.29 is 24.8 Å². The molecule has 3 heterocycles. The lowest BCUT2D eigenvalue weighted by Gasteiger charge is -2.16. The highest BCUT2D eigenvalue weighted by Crippen LogP contribution is 2.32. The van der Waals surface area contributed by atoms with Gasteiger partial charge in [0.25, 0.3) is 0 Å². The average Bonchev–Trinajstić information content (AvgIpc) is 3.01.